The van der Waals surface area contributed by atoms with Gasteiger partial charge in [-0.2, -0.15) is 0 Å². The van der Waals surface area contributed by atoms with Crippen LogP contribution in [0.1, 0.15) is 68.1 Å². The Kier molecular flexibility index (Phi) is 8.51. The molecule has 2 aliphatic heterocycles. The maximum absolute atomic E-state index is 13.1. The molecule has 1 spiro atoms. The fourth-order valence-corrected chi connectivity index (χ4v) is 6.51. The van der Waals surface area contributed by atoms with Gasteiger partial charge in [-0.3, -0.25) is 9.59 Å². The van der Waals surface area contributed by atoms with Crippen LogP contribution in [0.15, 0.2) is 48.6 Å². The molecule has 0 fully saturated rings. The SMILES string of the molecule is CCOC(=O)C1CC(=O)N(C)CC=CCCCCN2C[C@@]3(CCCc4cc(Cl)ccc43)COc3ccc1cc32. The van der Waals surface area contributed by atoms with Gasteiger partial charge in [0.15, 0.2) is 0 Å². The highest BCUT2D eigenvalue weighted by molar-refractivity contribution is 6.30. The molecule has 1 amide bonds. The first-order valence-electron chi connectivity index (χ1n) is 14.3. The van der Waals surface area contributed by atoms with E-state index in [1.807, 2.05) is 24.3 Å². The molecular formula is C32H39ClN2O4. The minimum Gasteiger partial charge on any atom is -0.490 e. The van der Waals surface area contributed by atoms with Crippen molar-refractivity contribution in [2.45, 2.75) is 63.2 Å². The van der Waals surface area contributed by atoms with E-state index in [-0.39, 0.29) is 30.3 Å². The molecule has 0 aromatic heterocycles. The number of aryl methyl sites for hydroxylation is 1. The van der Waals surface area contributed by atoms with Gasteiger partial charge in [0.1, 0.15) is 5.75 Å². The number of esters is 1. The van der Waals surface area contributed by atoms with Gasteiger partial charge in [0.05, 0.1) is 24.8 Å². The summed E-state index contributed by atoms with van der Waals surface area (Å²) in [7, 11) is 1.79. The molecule has 0 N–H and O–H groups in total. The molecule has 3 aliphatic rings. The summed E-state index contributed by atoms with van der Waals surface area (Å²) in [4.78, 5) is 30.3. The lowest BCUT2D eigenvalue weighted by Crippen LogP contribution is -2.46. The van der Waals surface area contributed by atoms with Gasteiger partial charge < -0.3 is 19.3 Å². The molecule has 1 aliphatic carbocycles. The normalized spacial score (nSPS) is 23.8. The van der Waals surface area contributed by atoms with Gasteiger partial charge >= 0.3 is 5.97 Å². The van der Waals surface area contributed by atoms with E-state index in [9.17, 15) is 9.59 Å². The molecule has 7 heteroatoms. The Hall–Kier alpha value is -2.99. The van der Waals surface area contributed by atoms with Crippen LogP contribution in [0.5, 0.6) is 5.75 Å². The summed E-state index contributed by atoms with van der Waals surface area (Å²) in [5.74, 6) is -0.287. The van der Waals surface area contributed by atoms with Crippen molar-refractivity contribution >= 4 is 29.2 Å². The number of ether oxygens (including phenoxy) is 2. The van der Waals surface area contributed by atoms with Gasteiger partial charge in [-0.15, -0.1) is 0 Å². The third kappa shape index (κ3) is 5.96. The predicted octanol–water partition coefficient (Wildman–Crippen LogP) is 6.05. The highest BCUT2D eigenvalue weighted by Gasteiger charge is 2.42. The van der Waals surface area contributed by atoms with Crippen LogP contribution in [0.25, 0.3) is 0 Å². The van der Waals surface area contributed by atoms with Crippen LogP contribution in [-0.4, -0.2) is 56.7 Å². The van der Waals surface area contributed by atoms with E-state index >= 15 is 0 Å². The lowest BCUT2D eigenvalue weighted by atomic mass is 9.70. The Bertz CT molecular complexity index is 1240. The van der Waals surface area contributed by atoms with Crippen molar-refractivity contribution in [1.29, 1.82) is 0 Å². The van der Waals surface area contributed by atoms with E-state index in [2.05, 4.69) is 29.2 Å². The minimum absolute atomic E-state index is 0.0703. The zero-order valence-corrected chi connectivity index (χ0v) is 23.8. The van der Waals surface area contributed by atoms with Crippen molar-refractivity contribution < 1.29 is 19.1 Å². The monoisotopic (exact) mass is 550 g/mol. The summed E-state index contributed by atoms with van der Waals surface area (Å²) < 4.78 is 12.0. The molecule has 6 nitrogen and oxygen atoms in total. The van der Waals surface area contributed by atoms with E-state index < -0.39 is 5.92 Å². The van der Waals surface area contributed by atoms with Crippen molar-refractivity contribution in [1.82, 2.24) is 4.90 Å². The summed E-state index contributed by atoms with van der Waals surface area (Å²) in [6.07, 6.45) is 10.5. The molecule has 2 heterocycles. The lowest BCUT2D eigenvalue weighted by molar-refractivity contribution is -0.147. The second-order valence-corrected chi connectivity index (χ2v) is 11.6. The van der Waals surface area contributed by atoms with E-state index in [0.29, 0.717) is 13.2 Å². The zero-order valence-electron chi connectivity index (χ0n) is 23.1. The Morgan fingerprint density at radius 1 is 1.15 bits per heavy atom. The van der Waals surface area contributed by atoms with E-state index in [1.54, 1.807) is 18.9 Å². The molecule has 1 unspecified atom stereocenters. The van der Waals surface area contributed by atoms with Gasteiger partial charge in [-0.25, -0.2) is 0 Å². The van der Waals surface area contributed by atoms with E-state index in [4.69, 9.17) is 21.1 Å². The number of carbonyl (C=O) groups is 2. The highest BCUT2D eigenvalue weighted by atomic mass is 35.5. The standard InChI is InChI=1S/C32H39ClN2O4/c1-3-38-31(37)26-20-30(36)34(2)16-7-5-4-6-8-17-35-21-32(22-39-29-14-11-23(26)19-28(29)35)15-9-10-24-18-25(33)12-13-27(24)32/h5,7,11-14,18-19,26H,3-4,6,8-10,15-17,20-22H2,1-2H3/t26?,32-/m0/s1. The summed E-state index contributed by atoms with van der Waals surface area (Å²) >= 11 is 6.38. The first-order chi connectivity index (χ1) is 18.9. The van der Waals surface area contributed by atoms with Crippen LogP contribution in [0.2, 0.25) is 5.02 Å². The highest BCUT2D eigenvalue weighted by Crippen LogP contribution is 2.45. The molecule has 2 aromatic carbocycles. The number of fused-ring (bicyclic) bond motifs is 3. The molecular weight excluding hydrogens is 512 g/mol. The van der Waals surface area contributed by atoms with Crippen LogP contribution in [0, 0.1) is 0 Å². The quantitative estimate of drug-likeness (QED) is 0.336. The molecule has 2 aromatic rings. The average molecular weight is 551 g/mol. The Morgan fingerprint density at radius 2 is 2.03 bits per heavy atom. The van der Waals surface area contributed by atoms with Crippen molar-refractivity contribution in [3.8, 4) is 5.75 Å². The zero-order chi connectivity index (χ0) is 27.4. The number of carbonyl (C=O) groups excluding carboxylic acids is 2. The summed E-state index contributed by atoms with van der Waals surface area (Å²) in [6.45, 7) is 4.92. The lowest BCUT2D eigenvalue weighted by Gasteiger charge is -2.41. The minimum atomic E-state index is -0.670. The summed E-state index contributed by atoms with van der Waals surface area (Å²) in [5.41, 5.74) is 4.30. The van der Waals surface area contributed by atoms with Gasteiger partial charge in [-0.1, -0.05) is 35.9 Å². The van der Waals surface area contributed by atoms with Gasteiger partial charge in [0.25, 0.3) is 0 Å². The van der Waals surface area contributed by atoms with Gasteiger partial charge in [0, 0.05) is 43.5 Å². The molecule has 0 saturated carbocycles. The molecule has 208 valence electrons. The van der Waals surface area contributed by atoms with Crippen LogP contribution in [0.3, 0.4) is 0 Å². The first-order valence-corrected chi connectivity index (χ1v) is 14.6. The van der Waals surface area contributed by atoms with Crippen LogP contribution < -0.4 is 9.64 Å². The van der Waals surface area contributed by atoms with Gasteiger partial charge in [-0.05, 0) is 86.4 Å². The maximum Gasteiger partial charge on any atom is 0.313 e. The second-order valence-electron chi connectivity index (χ2n) is 11.1. The largest absolute Gasteiger partial charge is 0.490 e. The number of likely N-dealkylation sites (N-methyl/N-ethyl adjacent to an activating group) is 1. The number of halogens is 1. The molecule has 2 atom stereocenters. The fourth-order valence-electron chi connectivity index (χ4n) is 6.31. The smallest absolute Gasteiger partial charge is 0.313 e. The average Bonchev–Trinajstić information content (AvgIpc) is 3.07. The number of hydrogen-bond donors (Lipinski definition) is 0. The second kappa shape index (κ2) is 12.0. The number of benzene rings is 2. The summed E-state index contributed by atoms with van der Waals surface area (Å²) in [6, 6.07) is 12.3. The van der Waals surface area contributed by atoms with Gasteiger partial charge in [0.2, 0.25) is 5.91 Å². The topological polar surface area (TPSA) is 59.1 Å². The van der Waals surface area contributed by atoms with Crippen LogP contribution >= 0.6 is 11.6 Å². The Labute approximate surface area is 236 Å². The third-order valence-electron chi connectivity index (χ3n) is 8.43. The summed E-state index contributed by atoms with van der Waals surface area (Å²) in [5, 5.41) is 0.778. The number of amides is 1. The third-order valence-corrected chi connectivity index (χ3v) is 8.67. The van der Waals surface area contributed by atoms with Crippen molar-refractivity contribution in [2.75, 3.05) is 44.8 Å². The number of allylic oxidation sites excluding steroid dienone is 1. The fraction of sp³-hybridized carbons (Fsp3) is 0.500. The van der Waals surface area contributed by atoms with Crippen LogP contribution in [0.4, 0.5) is 5.69 Å². The molecule has 39 heavy (non-hydrogen) atoms. The number of rotatable bonds is 2. The van der Waals surface area contributed by atoms with Crippen molar-refractivity contribution in [3.05, 3.63) is 70.3 Å². The Balaban J connectivity index is 1.56. The number of nitrogens with zero attached hydrogens (tertiary/aromatic N) is 2. The van der Waals surface area contributed by atoms with Crippen molar-refractivity contribution in [3.63, 3.8) is 0 Å². The maximum atomic E-state index is 13.1. The van der Waals surface area contributed by atoms with E-state index in [0.717, 1.165) is 73.6 Å². The van der Waals surface area contributed by atoms with Crippen molar-refractivity contribution in [2.24, 2.45) is 0 Å². The molecule has 0 radical (unpaired) electrons. The van der Waals surface area contributed by atoms with E-state index in [1.165, 1.54) is 11.1 Å². The molecule has 2 bridgehead atoms. The molecule has 0 saturated heterocycles. The Morgan fingerprint density at radius 3 is 2.87 bits per heavy atom. The first kappa shape index (κ1) is 27.6. The predicted molar refractivity (Wildman–Crippen MR) is 155 cm³/mol. The number of anilines is 1. The molecule has 5 rings (SSSR count). The number of hydrogen-bond acceptors (Lipinski definition) is 5. The van der Waals surface area contributed by atoms with Crippen LogP contribution in [-0.2, 0) is 26.2 Å².